The number of aliphatic hydroxyl groups excluding tert-OH is 1. The lowest BCUT2D eigenvalue weighted by Gasteiger charge is -2.09. The highest BCUT2D eigenvalue weighted by Crippen LogP contribution is 2.25. The minimum atomic E-state index is -0.849. The molecular formula is C18H16FNO4S. The van der Waals surface area contributed by atoms with Crippen molar-refractivity contribution >= 4 is 23.5 Å². The summed E-state index contributed by atoms with van der Waals surface area (Å²) in [5.41, 5.74) is 0.470. The fraction of sp³-hybridized carbons (Fsp3) is 0.222. The summed E-state index contributed by atoms with van der Waals surface area (Å²) in [7, 11) is 0. The van der Waals surface area contributed by atoms with E-state index in [1.54, 1.807) is 12.1 Å². The number of carbonyl (C=O) groups is 2. The van der Waals surface area contributed by atoms with Crippen LogP contribution in [0.4, 0.5) is 4.39 Å². The van der Waals surface area contributed by atoms with Gasteiger partial charge in [0.25, 0.3) is 0 Å². The number of thioether (sulfide) groups is 1. The van der Waals surface area contributed by atoms with Gasteiger partial charge in [0.1, 0.15) is 11.6 Å². The van der Waals surface area contributed by atoms with Crippen LogP contribution in [0.1, 0.15) is 15.9 Å². The number of hydrogen-bond acceptors (Lipinski definition) is 5. The summed E-state index contributed by atoms with van der Waals surface area (Å²) >= 11 is 1.18. The van der Waals surface area contributed by atoms with Gasteiger partial charge in [0.15, 0.2) is 18.0 Å². The number of amides is 1. The molecule has 130 valence electrons. The average Bonchev–Trinajstić information content (AvgIpc) is 2.92. The summed E-state index contributed by atoms with van der Waals surface area (Å²) in [5, 5.41) is 11.5. The van der Waals surface area contributed by atoms with Crippen molar-refractivity contribution in [1.29, 1.82) is 0 Å². The Balaban J connectivity index is 1.53. The molecule has 1 fully saturated rings. The maximum atomic E-state index is 12.8. The summed E-state index contributed by atoms with van der Waals surface area (Å²) in [6.45, 7) is -0.141. The highest BCUT2D eigenvalue weighted by molar-refractivity contribution is 8.01. The van der Waals surface area contributed by atoms with Crippen LogP contribution in [-0.4, -0.2) is 34.2 Å². The van der Waals surface area contributed by atoms with Crippen molar-refractivity contribution in [2.24, 2.45) is 0 Å². The number of halogens is 1. The largest absolute Gasteiger partial charge is 0.485 e. The first-order chi connectivity index (χ1) is 12.0. The van der Waals surface area contributed by atoms with Gasteiger partial charge in [-0.25, -0.2) is 4.39 Å². The first-order valence-corrected chi connectivity index (χ1v) is 8.60. The van der Waals surface area contributed by atoms with E-state index >= 15 is 0 Å². The standard InChI is InChI=1S/C18H16FNO4S/c19-13-5-3-12(4-6-13)15(21)10-24-14-7-1-11(2-8-14)9-16-17(22)20-18(23)25-16/h1-8,16,18,23H,9-10H2,(H,20,22). The average molecular weight is 361 g/mol. The molecule has 1 aliphatic heterocycles. The molecule has 5 nitrogen and oxygen atoms in total. The van der Waals surface area contributed by atoms with Crippen LogP contribution in [0.2, 0.25) is 0 Å². The molecule has 2 atom stereocenters. The summed E-state index contributed by atoms with van der Waals surface area (Å²) in [6, 6.07) is 12.4. The number of ether oxygens (including phenoxy) is 1. The van der Waals surface area contributed by atoms with Crippen LogP contribution in [0.3, 0.4) is 0 Å². The molecule has 1 aliphatic rings. The smallest absolute Gasteiger partial charge is 0.236 e. The van der Waals surface area contributed by atoms with Crippen LogP contribution < -0.4 is 10.1 Å². The van der Waals surface area contributed by atoms with Crippen LogP contribution in [-0.2, 0) is 11.2 Å². The van der Waals surface area contributed by atoms with Crippen LogP contribution in [0.25, 0.3) is 0 Å². The molecule has 0 radical (unpaired) electrons. The number of aliphatic hydroxyl groups is 1. The summed E-state index contributed by atoms with van der Waals surface area (Å²) < 4.78 is 18.3. The van der Waals surface area contributed by atoms with Crippen molar-refractivity contribution in [2.45, 2.75) is 17.2 Å². The lowest BCUT2D eigenvalue weighted by atomic mass is 10.1. The molecule has 3 rings (SSSR count). The molecule has 1 amide bonds. The lowest BCUT2D eigenvalue weighted by molar-refractivity contribution is -0.121. The second-order valence-corrected chi connectivity index (χ2v) is 6.84. The Kier molecular flexibility index (Phi) is 5.35. The van der Waals surface area contributed by atoms with E-state index in [1.807, 2.05) is 12.1 Å². The Morgan fingerprint density at radius 3 is 2.44 bits per heavy atom. The molecule has 2 N–H and O–H groups in total. The number of carbonyl (C=O) groups excluding carboxylic acids is 2. The van der Waals surface area contributed by atoms with E-state index in [-0.39, 0.29) is 23.5 Å². The maximum Gasteiger partial charge on any atom is 0.236 e. The van der Waals surface area contributed by atoms with E-state index in [9.17, 15) is 19.1 Å². The molecule has 0 bridgehead atoms. The molecule has 1 heterocycles. The third-order valence-electron chi connectivity index (χ3n) is 3.73. The van der Waals surface area contributed by atoms with Gasteiger partial charge >= 0.3 is 0 Å². The summed E-state index contributed by atoms with van der Waals surface area (Å²) in [6.07, 6.45) is 0.502. The predicted octanol–water partition coefficient (Wildman–Crippen LogP) is 2.14. The van der Waals surface area contributed by atoms with Crippen molar-refractivity contribution in [1.82, 2.24) is 5.32 Å². The molecule has 2 aromatic rings. The Labute approximate surface area is 148 Å². The number of nitrogens with one attached hydrogen (secondary N) is 1. The maximum absolute atomic E-state index is 12.8. The minimum Gasteiger partial charge on any atom is -0.485 e. The topological polar surface area (TPSA) is 75.6 Å². The summed E-state index contributed by atoms with van der Waals surface area (Å²) in [5.74, 6) is -0.280. The molecule has 7 heteroatoms. The van der Waals surface area contributed by atoms with Gasteiger partial charge in [-0.2, -0.15) is 0 Å². The first kappa shape index (κ1) is 17.4. The fourth-order valence-corrected chi connectivity index (χ4v) is 3.39. The van der Waals surface area contributed by atoms with Crippen molar-refractivity contribution in [3.05, 3.63) is 65.5 Å². The molecule has 0 aromatic heterocycles. The van der Waals surface area contributed by atoms with Gasteiger partial charge in [-0.05, 0) is 48.4 Å². The van der Waals surface area contributed by atoms with Crippen LogP contribution in [0.15, 0.2) is 48.5 Å². The Hall–Kier alpha value is -2.38. The van der Waals surface area contributed by atoms with Crippen LogP contribution in [0, 0.1) is 5.82 Å². The quantitative estimate of drug-likeness (QED) is 0.771. The van der Waals surface area contributed by atoms with Gasteiger partial charge in [-0.3, -0.25) is 9.59 Å². The first-order valence-electron chi connectivity index (χ1n) is 7.66. The number of ketones is 1. The van der Waals surface area contributed by atoms with Crippen molar-refractivity contribution in [3.8, 4) is 5.75 Å². The molecule has 0 saturated carbocycles. The molecular weight excluding hydrogens is 345 g/mol. The van der Waals surface area contributed by atoms with E-state index in [4.69, 9.17) is 4.74 Å². The highest BCUT2D eigenvalue weighted by atomic mass is 32.2. The second kappa shape index (κ2) is 7.67. The third kappa shape index (κ3) is 4.58. The van der Waals surface area contributed by atoms with Gasteiger partial charge in [-0.15, -0.1) is 0 Å². The van der Waals surface area contributed by atoms with Gasteiger partial charge < -0.3 is 15.2 Å². The van der Waals surface area contributed by atoms with E-state index in [2.05, 4.69) is 5.32 Å². The number of hydrogen-bond donors (Lipinski definition) is 2. The zero-order valence-electron chi connectivity index (χ0n) is 13.1. The zero-order valence-corrected chi connectivity index (χ0v) is 14.0. The monoisotopic (exact) mass is 361 g/mol. The van der Waals surface area contributed by atoms with Crippen LogP contribution in [0.5, 0.6) is 5.75 Å². The molecule has 2 unspecified atom stereocenters. The summed E-state index contributed by atoms with van der Waals surface area (Å²) in [4.78, 5) is 23.6. The van der Waals surface area contributed by atoms with Gasteiger partial charge in [-0.1, -0.05) is 23.9 Å². The number of rotatable bonds is 6. The molecule has 1 saturated heterocycles. The van der Waals surface area contributed by atoms with Crippen LogP contribution >= 0.6 is 11.8 Å². The van der Waals surface area contributed by atoms with E-state index in [0.29, 0.717) is 17.7 Å². The highest BCUT2D eigenvalue weighted by Gasteiger charge is 2.31. The van der Waals surface area contributed by atoms with Crippen molar-refractivity contribution < 1.29 is 23.8 Å². The fourth-order valence-electron chi connectivity index (χ4n) is 2.41. The molecule has 0 spiro atoms. The predicted molar refractivity (Wildman–Crippen MR) is 91.9 cm³/mol. The van der Waals surface area contributed by atoms with Gasteiger partial charge in [0.2, 0.25) is 5.91 Å². The van der Waals surface area contributed by atoms with E-state index in [0.717, 1.165) is 5.56 Å². The second-order valence-electron chi connectivity index (χ2n) is 5.55. The van der Waals surface area contributed by atoms with Crippen molar-refractivity contribution in [2.75, 3.05) is 6.61 Å². The molecule has 2 aromatic carbocycles. The zero-order chi connectivity index (χ0) is 17.8. The van der Waals surface area contributed by atoms with E-state index in [1.165, 1.54) is 36.0 Å². The number of benzene rings is 2. The van der Waals surface area contributed by atoms with E-state index < -0.39 is 11.4 Å². The Morgan fingerprint density at radius 2 is 1.84 bits per heavy atom. The normalized spacial score (nSPS) is 19.5. The lowest BCUT2D eigenvalue weighted by Crippen LogP contribution is -2.27. The third-order valence-corrected chi connectivity index (χ3v) is 4.82. The minimum absolute atomic E-state index is 0.141. The Morgan fingerprint density at radius 1 is 1.16 bits per heavy atom. The molecule has 0 aliphatic carbocycles. The SMILES string of the molecule is O=C(COc1ccc(CC2SC(O)NC2=O)cc1)c1ccc(F)cc1. The number of Topliss-reactive ketones (excluding diaryl/α,β-unsaturated/α-hetero) is 1. The van der Waals surface area contributed by atoms with Gasteiger partial charge in [0.05, 0.1) is 5.25 Å². The van der Waals surface area contributed by atoms with Crippen molar-refractivity contribution in [3.63, 3.8) is 0 Å². The molecule has 25 heavy (non-hydrogen) atoms. The Bertz CT molecular complexity index is 764. The van der Waals surface area contributed by atoms with Gasteiger partial charge in [0, 0.05) is 5.56 Å².